The zero-order chi connectivity index (χ0) is 13.7. The van der Waals surface area contributed by atoms with Crippen molar-refractivity contribution in [2.75, 3.05) is 19.6 Å². The quantitative estimate of drug-likeness (QED) is 0.829. The molecule has 0 spiro atoms. The summed E-state index contributed by atoms with van der Waals surface area (Å²) < 4.78 is 0. The molecule has 0 aromatic rings. The lowest BCUT2D eigenvalue weighted by atomic mass is 9.79. The summed E-state index contributed by atoms with van der Waals surface area (Å²) in [6, 6.07) is 3.23. The fourth-order valence-electron chi connectivity index (χ4n) is 3.75. The second-order valence-corrected chi connectivity index (χ2v) is 6.43. The molecule has 0 amide bonds. The highest BCUT2D eigenvalue weighted by atomic mass is 15.2. The van der Waals surface area contributed by atoms with Gasteiger partial charge in [0.1, 0.15) is 5.54 Å². The first-order chi connectivity index (χ1) is 9.23. The summed E-state index contributed by atoms with van der Waals surface area (Å²) in [4.78, 5) is 2.66. The van der Waals surface area contributed by atoms with Crippen molar-refractivity contribution < 1.29 is 0 Å². The molecule has 0 bridgehead atoms. The molecule has 1 aliphatic carbocycles. The number of nitrogens with one attached hydrogen (secondary N) is 1. The first kappa shape index (κ1) is 14.8. The van der Waals surface area contributed by atoms with E-state index in [2.05, 4.69) is 30.1 Å². The molecule has 108 valence electrons. The molecule has 1 heterocycles. The molecular weight excluding hydrogens is 234 g/mol. The van der Waals surface area contributed by atoms with Gasteiger partial charge in [0, 0.05) is 12.6 Å². The summed E-state index contributed by atoms with van der Waals surface area (Å²) in [7, 11) is 0. The lowest BCUT2D eigenvalue weighted by Crippen LogP contribution is -2.52. The van der Waals surface area contributed by atoms with Crippen molar-refractivity contribution >= 4 is 0 Å². The van der Waals surface area contributed by atoms with E-state index in [1.165, 1.54) is 38.8 Å². The Balaban J connectivity index is 1.94. The predicted octanol–water partition coefficient (Wildman–Crippen LogP) is 2.92. The Hall–Kier alpha value is -0.590. The van der Waals surface area contributed by atoms with E-state index < -0.39 is 0 Å². The highest BCUT2D eigenvalue weighted by molar-refractivity contribution is 5.11. The van der Waals surface area contributed by atoms with Gasteiger partial charge in [0.05, 0.1) is 6.07 Å². The normalized spacial score (nSPS) is 36.3. The predicted molar refractivity (Wildman–Crippen MR) is 78.9 cm³/mol. The number of rotatable bonds is 5. The average molecular weight is 263 g/mol. The van der Waals surface area contributed by atoms with E-state index in [-0.39, 0.29) is 5.54 Å². The molecular formula is C16H29N3. The lowest BCUT2D eigenvalue weighted by molar-refractivity contribution is 0.139. The van der Waals surface area contributed by atoms with Crippen LogP contribution in [0.2, 0.25) is 0 Å². The number of hydrogen-bond donors (Lipinski definition) is 1. The summed E-state index contributed by atoms with van der Waals surface area (Å²) in [5.41, 5.74) is -0.247. The molecule has 1 aliphatic heterocycles. The third kappa shape index (κ3) is 3.49. The van der Waals surface area contributed by atoms with E-state index >= 15 is 0 Å². The summed E-state index contributed by atoms with van der Waals surface area (Å²) in [5.74, 6) is 0.891. The van der Waals surface area contributed by atoms with Crippen LogP contribution in [0.15, 0.2) is 0 Å². The van der Waals surface area contributed by atoms with Gasteiger partial charge >= 0.3 is 0 Å². The number of likely N-dealkylation sites (tertiary alicyclic amines) is 1. The van der Waals surface area contributed by atoms with E-state index in [4.69, 9.17) is 0 Å². The van der Waals surface area contributed by atoms with Crippen molar-refractivity contribution in [2.45, 2.75) is 70.4 Å². The first-order valence-electron chi connectivity index (χ1n) is 8.13. The van der Waals surface area contributed by atoms with Gasteiger partial charge in [-0.05, 0) is 57.5 Å². The van der Waals surface area contributed by atoms with Crippen molar-refractivity contribution in [1.82, 2.24) is 10.2 Å². The monoisotopic (exact) mass is 263 g/mol. The van der Waals surface area contributed by atoms with Crippen LogP contribution in [0.5, 0.6) is 0 Å². The van der Waals surface area contributed by atoms with Gasteiger partial charge in [-0.15, -0.1) is 0 Å². The fraction of sp³-hybridized carbons (Fsp3) is 0.938. The second kappa shape index (κ2) is 6.72. The van der Waals surface area contributed by atoms with E-state index in [1.807, 2.05) is 0 Å². The average Bonchev–Trinajstić information content (AvgIpc) is 2.94. The van der Waals surface area contributed by atoms with Crippen molar-refractivity contribution in [3.8, 4) is 6.07 Å². The van der Waals surface area contributed by atoms with Crippen molar-refractivity contribution in [3.63, 3.8) is 0 Å². The summed E-state index contributed by atoms with van der Waals surface area (Å²) in [5, 5.41) is 13.1. The zero-order valence-electron chi connectivity index (χ0n) is 12.6. The molecule has 1 saturated heterocycles. The third-order valence-electron chi connectivity index (χ3n) is 5.06. The van der Waals surface area contributed by atoms with Crippen molar-refractivity contribution in [3.05, 3.63) is 0 Å². The summed E-state index contributed by atoms with van der Waals surface area (Å²) in [6.07, 6.45) is 8.31. The minimum Gasteiger partial charge on any atom is -0.300 e. The van der Waals surface area contributed by atoms with Crippen LogP contribution in [-0.4, -0.2) is 36.1 Å². The standard InChI is InChI=1S/C16H29N3/c1-3-9-18-16(13-17)8-5-6-15(11-16)19-10-7-14(4-2)12-19/h14-15,18H,3-12H2,1-2H3. The molecule has 2 fully saturated rings. The summed E-state index contributed by atoms with van der Waals surface area (Å²) >= 11 is 0. The van der Waals surface area contributed by atoms with E-state index in [0.29, 0.717) is 6.04 Å². The van der Waals surface area contributed by atoms with Gasteiger partial charge in [-0.3, -0.25) is 10.2 Å². The third-order valence-corrected chi connectivity index (χ3v) is 5.06. The van der Waals surface area contributed by atoms with Gasteiger partial charge in [-0.2, -0.15) is 5.26 Å². The van der Waals surface area contributed by atoms with Crippen LogP contribution < -0.4 is 5.32 Å². The molecule has 3 unspecified atom stereocenters. The molecule has 0 aromatic heterocycles. The largest absolute Gasteiger partial charge is 0.300 e. The maximum atomic E-state index is 9.60. The van der Waals surface area contributed by atoms with E-state index in [1.54, 1.807) is 0 Å². The highest BCUT2D eigenvalue weighted by Gasteiger charge is 2.39. The van der Waals surface area contributed by atoms with Crippen LogP contribution in [0.3, 0.4) is 0 Å². The van der Waals surface area contributed by atoms with Gasteiger partial charge in [-0.1, -0.05) is 20.3 Å². The Morgan fingerprint density at radius 2 is 2.21 bits per heavy atom. The smallest absolute Gasteiger partial charge is 0.108 e. The molecule has 3 atom stereocenters. The zero-order valence-corrected chi connectivity index (χ0v) is 12.6. The van der Waals surface area contributed by atoms with Gasteiger partial charge in [0.25, 0.3) is 0 Å². The SMILES string of the molecule is CCCNC1(C#N)CCCC(N2CCC(CC)C2)C1. The molecule has 1 saturated carbocycles. The minimum atomic E-state index is -0.247. The van der Waals surface area contributed by atoms with Crippen LogP contribution in [0, 0.1) is 17.2 Å². The van der Waals surface area contributed by atoms with Crippen LogP contribution in [0.25, 0.3) is 0 Å². The van der Waals surface area contributed by atoms with Crippen LogP contribution in [0.1, 0.15) is 58.8 Å². The number of nitrogens with zero attached hydrogens (tertiary/aromatic N) is 2. The Morgan fingerprint density at radius 1 is 1.37 bits per heavy atom. The van der Waals surface area contributed by atoms with Gasteiger partial charge in [0.2, 0.25) is 0 Å². The maximum absolute atomic E-state index is 9.60. The molecule has 1 N–H and O–H groups in total. The Morgan fingerprint density at radius 3 is 2.84 bits per heavy atom. The Kier molecular flexibility index (Phi) is 5.24. The van der Waals surface area contributed by atoms with Crippen molar-refractivity contribution in [1.29, 1.82) is 5.26 Å². The van der Waals surface area contributed by atoms with Crippen LogP contribution >= 0.6 is 0 Å². The van der Waals surface area contributed by atoms with Crippen molar-refractivity contribution in [2.24, 2.45) is 5.92 Å². The molecule has 3 nitrogen and oxygen atoms in total. The highest BCUT2D eigenvalue weighted by Crippen LogP contribution is 2.34. The minimum absolute atomic E-state index is 0.247. The lowest BCUT2D eigenvalue weighted by Gasteiger charge is -2.40. The number of nitriles is 1. The summed E-state index contributed by atoms with van der Waals surface area (Å²) in [6.45, 7) is 7.95. The Bertz CT molecular complexity index is 322. The van der Waals surface area contributed by atoms with Gasteiger partial charge in [-0.25, -0.2) is 0 Å². The molecule has 0 radical (unpaired) electrons. The first-order valence-corrected chi connectivity index (χ1v) is 8.13. The van der Waals surface area contributed by atoms with Gasteiger partial charge in [0.15, 0.2) is 0 Å². The molecule has 19 heavy (non-hydrogen) atoms. The molecule has 3 heteroatoms. The van der Waals surface area contributed by atoms with Gasteiger partial charge < -0.3 is 0 Å². The Labute approximate surface area is 118 Å². The second-order valence-electron chi connectivity index (χ2n) is 6.43. The van der Waals surface area contributed by atoms with Crippen LogP contribution in [0.4, 0.5) is 0 Å². The topological polar surface area (TPSA) is 39.1 Å². The fourth-order valence-corrected chi connectivity index (χ4v) is 3.75. The van der Waals surface area contributed by atoms with E-state index in [0.717, 1.165) is 31.7 Å². The molecule has 2 rings (SSSR count). The maximum Gasteiger partial charge on any atom is 0.108 e. The van der Waals surface area contributed by atoms with E-state index in [9.17, 15) is 5.26 Å². The molecule has 2 aliphatic rings. The number of hydrogen-bond acceptors (Lipinski definition) is 3. The van der Waals surface area contributed by atoms with Crippen LogP contribution in [-0.2, 0) is 0 Å². The molecule has 0 aromatic carbocycles.